The van der Waals surface area contributed by atoms with Gasteiger partial charge in [0, 0.05) is 0 Å². The summed E-state index contributed by atoms with van der Waals surface area (Å²) in [4.78, 5) is 0. The third-order valence-corrected chi connectivity index (χ3v) is 3.37. The summed E-state index contributed by atoms with van der Waals surface area (Å²) in [6.45, 7) is 0. The summed E-state index contributed by atoms with van der Waals surface area (Å²) in [5.41, 5.74) is 0. The molecule has 0 spiro atoms. The predicted molar refractivity (Wildman–Crippen MR) is 73.6 cm³/mol. The fourth-order valence-corrected chi connectivity index (χ4v) is 2.51. The first-order valence-electron chi connectivity index (χ1n) is 4.64. The van der Waals surface area contributed by atoms with Gasteiger partial charge in [0.2, 0.25) is 0 Å². The van der Waals surface area contributed by atoms with Gasteiger partial charge in [0.05, 0.1) is 19.2 Å². The molecule has 0 unspecified atom stereocenters. The molecule has 0 fully saturated rings. The van der Waals surface area contributed by atoms with E-state index >= 15 is 0 Å². The molecule has 0 aromatic heterocycles. The SMILES string of the molecule is [Cl][Pd][Cl].c1ccc([PH2+]c2ccccc2)cc1. The maximum absolute atomic E-state index is 4.81. The van der Waals surface area contributed by atoms with Crippen molar-refractivity contribution in [2.75, 3.05) is 0 Å². The first-order valence-corrected chi connectivity index (χ1v) is 9.80. The molecule has 0 aliphatic carbocycles. The molecule has 88 valence electrons. The average molecular weight is 365 g/mol. The van der Waals surface area contributed by atoms with Crippen LogP contribution in [0.2, 0.25) is 0 Å². The van der Waals surface area contributed by atoms with E-state index in [0.717, 1.165) is 0 Å². The maximum Gasteiger partial charge on any atom is 0.0942 e. The van der Waals surface area contributed by atoms with Gasteiger partial charge in [0.25, 0.3) is 0 Å². The van der Waals surface area contributed by atoms with E-state index in [2.05, 4.69) is 60.7 Å². The summed E-state index contributed by atoms with van der Waals surface area (Å²) >= 11 is -0.106. The van der Waals surface area contributed by atoms with Crippen molar-refractivity contribution in [3.8, 4) is 0 Å². The van der Waals surface area contributed by atoms with Gasteiger partial charge in [-0.2, -0.15) is 0 Å². The second kappa shape index (κ2) is 9.17. The Labute approximate surface area is 114 Å². The van der Waals surface area contributed by atoms with E-state index in [4.69, 9.17) is 19.1 Å². The molecule has 0 aliphatic heterocycles. The van der Waals surface area contributed by atoms with E-state index in [1.165, 1.54) is 10.6 Å². The number of halogens is 2. The van der Waals surface area contributed by atoms with Gasteiger partial charge in [0.1, 0.15) is 0 Å². The van der Waals surface area contributed by atoms with Crippen molar-refractivity contribution in [1.29, 1.82) is 0 Å². The Hall–Kier alpha value is 0.112. The second-order valence-electron chi connectivity index (χ2n) is 3.01. The fourth-order valence-electron chi connectivity index (χ4n) is 1.29. The molecule has 0 N–H and O–H groups in total. The van der Waals surface area contributed by atoms with Crippen LogP contribution in [0.5, 0.6) is 0 Å². The fraction of sp³-hybridized carbons (Fsp3) is 0. The van der Waals surface area contributed by atoms with E-state index in [0.29, 0.717) is 0 Å². The van der Waals surface area contributed by atoms with Gasteiger partial charge >= 0.3 is 35.0 Å². The summed E-state index contributed by atoms with van der Waals surface area (Å²) in [6.07, 6.45) is 0. The molecule has 2 rings (SSSR count). The van der Waals surface area contributed by atoms with E-state index < -0.39 is 0 Å². The van der Waals surface area contributed by atoms with Crippen molar-refractivity contribution in [2.45, 2.75) is 0 Å². The average Bonchev–Trinajstić information content (AvgIpc) is 2.33. The summed E-state index contributed by atoms with van der Waals surface area (Å²) in [6, 6.07) is 21.3. The molecule has 0 bridgehead atoms. The minimum absolute atomic E-state index is 0.106. The van der Waals surface area contributed by atoms with Gasteiger partial charge in [-0.3, -0.25) is 0 Å². The van der Waals surface area contributed by atoms with Crippen LogP contribution in [0.25, 0.3) is 0 Å². The van der Waals surface area contributed by atoms with Crippen molar-refractivity contribution < 1.29 is 15.9 Å². The standard InChI is InChI=1S/C12H11P.2ClH.Pd/c1-3-7-11(8-4-1)13-12-9-5-2-6-10-12;;;/h1-10,13H;2*1H;/q;;;+2/p-1. The molecule has 16 heavy (non-hydrogen) atoms. The molecule has 0 atom stereocenters. The number of hydrogen-bond donors (Lipinski definition) is 0. The van der Waals surface area contributed by atoms with Crippen LogP contribution in [-0.2, 0) is 15.9 Å². The van der Waals surface area contributed by atoms with Gasteiger partial charge < -0.3 is 0 Å². The third-order valence-electron chi connectivity index (χ3n) is 1.93. The van der Waals surface area contributed by atoms with Gasteiger partial charge in [-0.1, -0.05) is 36.4 Å². The summed E-state index contributed by atoms with van der Waals surface area (Å²) in [5, 5.41) is 2.90. The molecule has 0 aliphatic rings. The van der Waals surface area contributed by atoms with Crippen molar-refractivity contribution in [2.24, 2.45) is 0 Å². The summed E-state index contributed by atoms with van der Waals surface area (Å²) < 4.78 is 0. The van der Waals surface area contributed by atoms with Crippen molar-refractivity contribution >= 4 is 38.2 Å². The molecule has 2 aromatic carbocycles. The Bertz CT molecular complexity index is 343. The maximum atomic E-state index is 4.81. The molecule has 2 aromatic rings. The molecule has 0 saturated carbocycles. The quantitative estimate of drug-likeness (QED) is 0.566. The third kappa shape index (κ3) is 6.00. The molecular weight excluding hydrogens is 352 g/mol. The topological polar surface area (TPSA) is 0 Å². The zero-order valence-electron chi connectivity index (χ0n) is 8.42. The van der Waals surface area contributed by atoms with Gasteiger partial charge in [0.15, 0.2) is 0 Å². The van der Waals surface area contributed by atoms with Gasteiger partial charge in [-0.15, -0.1) is 0 Å². The molecule has 4 heteroatoms. The summed E-state index contributed by atoms with van der Waals surface area (Å²) in [7, 11) is 9.90. The van der Waals surface area contributed by atoms with Crippen LogP contribution in [0.3, 0.4) is 0 Å². The number of hydrogen-bond acceptors (Lipinski definition) is 0. The van der Waals surface area contributed by atoms with E-state index in [-0.39, 0.29) is 24.5 Å². The van der Waals surface area contributed by atoms with Crippen LogP contribution in [0.15, 0.2) is 60.7 Å². The van der Waals surface area contributed by atoms with Crippen LogP contribution in [0, 0.1) is 0 Å². The molecular formula is C12H12Cl2PPd+. The van der Waals surface area contributed by atoms with Crippen LogP contribution in [0.4, 0.5) is 0 Å². The Morgan fingerprint density at radius 1 is 0.688 bits per heavy atom. The predicted octanol–water partition coefficient (Wildman–Crippen LogP) is 3.42. The van der Waals surface area contributed by atoms with Gasteiger partial charge in [-0.25, -0.2) is 0 Å². The Kier molecular flexibility index (Phi) is 8.13. The first-order chi connectivity index (χ1) is 7.86. The van der Waals surface area contributed by atoms with Crippen LogP contribution < -0.4 is 10.6 Å². The largest absolute Gasteiger partial charge is 0.0942 e. The first kappa shape index (κ1) is 14.2. The smallest absolute Gasteiger partial charge is 0.0620 e. The van der Waals surface area contributed by atoms with Crippen molar-refractivity contribution in [3.05, 3.63) is 60.7 Å². The number of rotatable bonds is 2. The van der Waals surface area contributed by atoms with Gasteiger partial charge in [-0.05, 0) is 24.3 Å². The summed E-state index contributed by atoms with van der Waals surface area (Å²) in [5.74, 6) is 0. The second-order valence-corrected chi connectivity index (χ2v) is 6.99. The minimum Gasteiger partial charge on any atom is -0.0620 e. The Morgan fingerprint density at radius 2 is 1.00 bits per heavy atom. The zero-order valence-corrected chi connectivity index (χ0v) is 12.6. The Morgan fingerprint density at radius 3 is 1.31 bits per heavy atom. The van der Waals surface area contributed by atoms with E-state index in [1.54, 1.807) is 0 Å². The molecule has 0 heterocycles. The monoisotopic (exact) mass is 363 g/mol. The van der Waals surface area contributed by atoms with E-state index in [1.807, 2.05) is 0 Å². The van der Waals surface area contributed by atoms with Crippen LogP contribution in [-0.4, -0.2) is 0 Å². The van der Waals surface area contributed by atoms with Crippen LogP contribution >= 0.6 is 27.6 Å². The van der Waals surface area contributed by atoms with Crippen LogP contribution in [0.1, 0.15) is 0 Å². The number of benzene rings is 2. The van der Waals surface area contributed by atoms with E-state index in [9.17, 15) is 0 Å². The molecule has 0 radical (unpaired) electrons. The van der Waals surface area contributed by atoms with Crippen molar-refractivity contribution in [3.63, 3.8) is 0 Å². The van der Waals surface area contributed by atoms with Crippen molar-refractivity contribution in [1.82, 2.24) is 0 Å². The minimum atomic E-state index is -0.106. The Balaban J connectivity index is 0.000000386. The zero-order chi connectivity index (χ0) is 11.6. The normalized spacial score (nSPS) is 9.38. The molecule has 0 saturated heterocycles. The molecule has 0 amide bonds. The molecule has 0 nitrogen and oxygen atoms in total.